The van der Waals surface area contributed by atoms with E-state index in [0.29, 0.717) is 12.8 Å². The Bertz CT molecular complexity index is 232. The van der Waals surface area contributed by atoms with Crippen molar-refractivity contribution < 1.29 is 14.6 Å². The van der Waals surface area contributed by atoms with Crippen LogP contribution in [0.2, 0.25) is 0 Å². The second-order valence-electron chi connectivity index (χ2n) is 4.76. The number of carbonyl (C=O) groups is 1. The summed E-state index contributed by atoms with van der Waals surface area (Å²) in [5.74, 6) is -0.894. The summed E-state index contributed by atoms with van der Waals surface area (Å²) in [6.45, 7) is 2.88. The molecule has 1 aliphatic carbocycles. The number of aliphatic carboxylic acids is 1. The fraction of sp³-hybridized carbons (Fsp3) is 0.917. The third-order valence-electron chi connectivity index (χ3n) is 3.27. The van der Waals surface area contributed by atoms with E-state index in [9.17, 15) is 4.79 Å². The summed E-state index contributed by atoms with van der Waals surface area (Å²) in [7, 11) is 0. The molecule has 94 valence electrons. The van der Waals surface area contributed by atoms with Gasteiger partial charge in [-0.3, -0.25) is 4.79 Å². The molecule has 2 atom stereocenters. The quantitative estimate of drug-likeness (QED) is 0.682. The van der Waals surface area contributed by atoms with Gasteiger partial charge in [0.25, 0.3) is 0 Å². The van der Waals surface area contributed by atoms with Gasteiger partial charge in [-0.25, -0.2) is 0 Å². The zero-order valence-electron chi connectivity index (χ0n) is 10.1. The third-order valence-corrected chi connectivity index (χ3v) is 3.27. The molecule has 1 rings (SSSR count). The van der Waals surface area contributed by atoms with E-state index in [1.165, 1.54) is 12.8 Å². The number of carboxylic acid groups (broad SMARTS) is 1. The van der Waals surface area contributed by atoms with Crippen molar-refractivity contribution in [2.45, 2.75) is 63.5 Å². The van der Waals surface area contributed by atoms with Crippen LogP contribution in [0.15, 0.2) is 0 Å². The van der Waals surface area contributed by atoms with E-state index < -0.39 is 11.5 Å². The van der Waals surface area contributed by atoms with Crippen molar-refractivity contribution in [3.8, 4) is 0 Å². The molecular weight excluding hydrogens is 206 g/mol. The van der Waals surface area contributed by atoms with Gasteiger partial charge in [0, 0.05) is 13.0 Å². The highest BCUT2D eigenvalue weighted by Gasteiger charge is 2.39. The molecule has 4 heteroatoms. The van der Waals surface area contributed by atoms with E-state index in [0.717, 1.165) is 25.9 Å². The minimum atomic E-state index is -1.06. The predicted octanol–water partition coefficient (Wildman–Crippen LogP) is 1.92. The smallest absolute Gasteiger partial charge is 0.323 e. The van der Waals surface area contributed by atoms with Gasteiger partial charge in [-0.2, -0.15) is 0 Å². The summed E-state index contributed by atoms with van der Waals surface area (Å²) >= 11 is 0. The van der Waals surface area contributed by atoms with E-state index >= 15 is 0 Å². The maximum absolute atomic E-state index is 11.0. The first-order valence-electron chi connectivity index (χ1n) is 6.22. The molecular formula is C12H23NO3. The summed E-state index contributed by atoms with van der Waals surface area (Å²) < 4.78 is 5.69. The number of nitrogens with two attached hydrogens (primary N) is 1. The summed E-state index contributed by atoms with van der Waals surface area (Å²) in [6.07, 6.45) is 6.23. The van der Waals surface area contributed by atoms with Crippen LogP contribution in [0.5, 0.6) is 0 Å². The van der Waals surface area contributed by atoms with Gasteiger partial charge >= 0.3 is 5.97 Å². The lowest BCUT2D eigenvalue weighted by Crippen LogP contribution is -2.52. The Morgan fingerprint density at radius 2 is 2.31 bits per heavy atom. The maximum Gasteiger partial charge on any atom is 0.323 e. The Morgan fingerprint density at radius 3 is 2.94 bits per heavy atom. The normalized spacial score (nSPS) is 30.2. The van der Waals surface area contributed by atoms with Gasteiger partial charge in [0.05, 0.1) is 6.10 Å². The van der Waals surface area contributed by atoms with Gasteiger partial charge in [0.1, 0.15) is 5.54 Å². The van der Waals surface area contributed by atoms with Crippen LogP contribution in [0.1, 0.15) is 51.9 Å². The minimum absolute atomic E-state index is 0.0340. The summed E-state index contributed by atoms with van der Waals surface area (Å²) in [5.41, 5.74) is 4.78. The largest absolute Gasteiger partial charge is 0.480 e. The molecule has 0 aromatic rings. The molecule has 4 nitrogen and oxygen atoms in total. The standard InChI is InChI=1S/C12H23NO3/c1-2-3-4-8-16-10-6-5-7-12(13,9-10)11(14)15/h10H,2-9,13H2,1H3,(H,14,15). The number of ether oxygens (including phenoxy) is 1. The van der Waals surface area contributed by atoms with E-state index in [1.54, 1.807) is 0 Å². The molecule has 1 aliphatic rings. The van der Waals surface area contributed by atoms with Crippen LogP contribution in [0, 0.1) is 0 Å². The molecule has 0 amide bonds. The van der Waals surface area contributed by atoms with E-state index in [2.05, 4.69) is 6.92 Å². The Kier molecular flexibility index (Phi) is 5.22. The second-order valence-corrected chi connectivity index (χ2v) is 4.76. The van der Waals surface area contributed by atoms with Crippen molar-refractivity contribution >= 4 is 5.97 Å². The molecule has 0 aromatic heterocycles. The molecule has 0 aromatic carbocycles. The number of unbranched alkanes of at least 4 members (excludes halogenated alkanes) is 2. The highest BCUT2D eigenvalue weighted by atomic mass is 16.5. The lowest BCUT2D eigenvalue weighted by Gasteiger charge is -2.34. The van der Waals surface area contributed by atoms with Crippen LogP contribution >= 0.6 is 0 Å². The molecule has 0 spiro atoms. The molecule has 0 radical (unpaired) electrons. The summed E-state index contributed by atoms with van der Waals surface area (Å²) in [6, 6.07) is 0. The molecule has 0 aliphatic heterocycles. The SMILES string of the molecule is CCCCCOC1CCCC(N)(C(=O)O)C1. The topological polar surface area (TPSA) is 72.5 Å². The lowest BCUT2D eigenvalue weighted by molar-refractivity contribution is -0.147. The average Bonchev–Trinajstić information content (AvgIpc) is 2.24. The molecule has 16 heavy (non-hydrogen) atoms. The number of rotatable bonds is 6. The molecule has 1 saturated carbocycles. The van der Waals surface area contributed by atoms with Crippen LogP contribution in [0.25, 0.3) is 0 Å². The summed E-state index contributed by atoms with van der Waals surface area (Å²) in [4.78, 5) is 11.0. The first-order valence-corrected chi connectivity index (χ1v) is 6.22. The van der Waals surface area contributed by atoms with Crippen molar-refractivity contribution in [1.29, 1.82) is 0 Å². The fourth-order valence-electron chi connectivity index (χ4n) is 2.19. The molecule has 3 N–H and O–H groups in total. The molecule has 0 heterocycles. The number of hydrogen-bond donors (Lipinski definition) is 2. The number of carboxylic acids is 1. The van der Waals surface area contributed by atoms with Gasteiger partial charge in [0.2, 0.25) is 0 Å². The van der Waals surface area contributed by atoms with Crippen molar-refractivity contribution in [3.63, 3.8) is 0 Å². The first kappa shape index (κ1) is 13.5. The van der Waals surface area contributed by atoms with Crippen molar-refractivity contribution in [2.75, 3.05) is 6.61 Å². The van der Waals surface area contributed by atoms with Crippen molar-refractivity contribution in [1.82, 2.24) is 0 Å². The van der Waals surface area contributed by atoms with Crippen LogP contribution < -0.4 is 5.73 Å². The Balaban J connectivity index is 2.30. The van der Waals surface area contributed by atoms with Gasteiger partial charge in [-0.15, -0.1) is 0 Å². The zero-order chi connectivity index (χ0) is 12.0. The second kappa shape index (κ2) is 6.21. The minimum Gasteiger partial charge on any atom is -0.480 e. The Morgan fingerprint density at radius 1 is 1.56 bits per heavy atom. The van der Waals surface area contributed by atoms with Crippen LogP contribution in [0.4, 0.5) is 0 Å². The first-order chi connectivity index (χ1) is 7.58. The molecule has 0 bridgehead atoms. The maximum atomic E-state index is 11.0. The Hall–Kier alpha value is -0.610. The highest BCUT2D eigenvalue weighted by Crippen LogP contribution is 2.28. The van der Waals surface area contributed by atoms with Crippen LogP contribution in [-0.2, 0) is 9.53 Å². The molecule has 0 saturated heterocycles. The molecule has 2 unspecified atom stereocenters. The van der Waals surface area contributed by atoms with Crippen molar-refractivity contribution in [3.05, 3.63) is 0 Å². The van der Waals surface area contributed by atoms with Gasteiger partial charge in [-0.1, -0.05) is 19.8 Å². The lowest BCUT2D eigenvalue weighted by atomic mass is 9.81. The highest BCUT2D eigenvalue weighted by molar-refractivity contribution is 5.78. The van der Waals surface area contributed by atoms with Gasteiger partial charge < -0.3 is 15.6 Å². The van der Waals surface area contributed by atoms with Crippen LogP contribution in [0.3, 0.4) is 0 Å². The molecule has 1 fully saturated rings. The van der Waals surface area contributed by atoms with Crippen molar-refractivity contribution in [2.24, 2.45) is 5.73 Å². The predicted molar refractivity (Wildman–Crippen MR) is 62.3 cm³/mol. The number of hydrogen-bond acceptors (Lipinski definition) is 3. The van der Waals surface area contributed by atoms with Gasteiger partial charge in [-0.05, 0) is 25.7 Å². The van der Waals surface area contributed by atoms with Crippen LogP contribution in [-0.4, -0.2) is 29.3 Å². The van der Waals surface area contributed by atoms with E-state index in [1.807, 2.05) is 0 Å². The van der Waals surface area contributed by atoms with E-state index in [4.69, 9.17) is 15.6 Å². The van der Waals surface area contributed by atoms with E-state index in [-0.39, 0.29) is 6.10 Å². The monoisotopic (exact) mass is 229 g/mol. The summed E-state index contributed by atoms with van der Waals surface area (Å²) in [5, 5.41) is 9.04. The fourth-order valence-corrected chi connectivity index (χ4v) is 2.19. The van der Waals surface area contributed by atoms with Gasteiger partial charge in [0.15, 0.2) is 0 Å². The average molecular weight is 229 g/mol. The third kappa shape index (κ3) is 3.76. The Labute approximate surface area is 97.2 Å². The zero-order valence-corrected chi connectivity index (χ0v) is 10.1.